The Morgan fingerprint density at radius 2 is 1.56 bits per heavy atom. The Morgan fingerprint density at radius 3 is 2.07 bits per heavy atom. The van der Waals surface area contributed by atoms with E-state index in [0.29, 0.717) is 5.69 Å². The van der Waals surface area contributed by atoms with Crippen molar-refractivity contribution in [3.8, 4) is 0 Å². The van der Waals surface area contributed by atoms with Crippen LogP contribution in [-0.2, 0) is 14.3 Å². The van der Waals surface area contributed by atoms with Crippen LogP contribution in [0.4, 0.5) is 5.69 Å². The number of imide groups is 1. The maximum atomic E-state index is 13.2. The van der Waals surface area contributed by atoms with Crippen molar-refractivity contribution in [2.75, 3.05) is 4.90 Å². The second kappa shape index (κ2) is 6.19. The van der Waals surface area contributed by atoms with Crippen molar-refractivity contribution in [1.29, 1.82) is 0 Å². The first-order valence-corrected chi connectivity index (χ1v) is 9.36. The molecule has 1 saturated heterocycles. The minimum atomic E-state index is -0.524. The van der Waals surface area contributed by atoms with Gasteiger partial charge in [-0.1, -0.05) is 35.4 Å². The van der Waals surface area contributed by atoms with Crippen LogP contribution in [0.1, 0.15) is 38.1 Å². The predicted molar refractivity (Wildman–Crippen MR) is 101 cm³/mol. The summed E-state index contributed by atoms with van der Waals surface area (Å²) in [6.07, 6.45) is 3.83. The van der Waals surface area contributed by atoms with Gasteiger partial charge < -0.3 is 4.74 Å². The van der Waals surface area contributed by atoms with Gasteiger partial charge in [0.15, 0.2) is 0 Å². The maximum Gasteiger partial charge on any atom is 0.340 e. The fourth-order valence-electron chi connectivity index (χ4n) is 4.79. The van der Waals surface area contributed by atoms with Crippen LogP contribution in [0.25, 0.3) is 0 Å². The Morgan fingerprint density at radius 1 is 1.00 bits per heavy atom. The van der Waals surface area contributed by atoms with E-state index in [1.165, 1.54) is 16.0 Å². The quantitative estimate of drug-likeness (QED) is 0.467. The van der Waals surface area contributed by atoms with Crippen LogP contribution in [0, 0.1) is 23.7 Å². The van der Waals surface area contributed by atoms with Gasteiger partial charge in [0, 0.05) is 11.8 Å². The van der Waals surface area contributed by atoms with E-state index in [4.69, 9.17) is 4.74 Å². The van der Waals surface area contributed by atoms with Crippen molar-refractivity contribution in [1.82, 2.24) is 0 Å². The largest absolute Gasteiger partial charge is 0.459 e. The molecule has 5 heteroatoms. The fourth-order valence-corrected chi connectivity index (χ4v) is 4.79. The van der Waals surface area contributed by atoms with Gasteiger partial charge in [0.1, 0.15) is 0 Å². The van der Waals surface area contributed by atoms with Gasteiger partial charge >= 0.3 is 5.97 Å². The van der Waals surface area contributed by atoms with Gasteiger partial charge in [-0.2, -0.15) is 0 Å². The highest BCUT2D eigenvalue weighted by Crippen LogP contribution is 2.57. The van der Waals surface area contributed by atoms with Crippen molar-refractivity contribution in [3.05, 3.63) is 53.1 Å². The molecular weight excluding hydrogens is 342 g/mol. The Bertz CT molecular complexity index is 873. The monoisotopic (exact) mass is 365 g/mol. The van der Waals surface area contributed by atoms with Crippen molar-refractivity contribution < 1.29 is 19.1 Å². The highest BCUT2D eigenvalue weighted by atomic mass is 16.5. The van der Waals surface area contributed by atoms with Gasteiger partial charge in [-0.3, -0.25) is 9.59 Å². The summed E-state index contributed by atoms with van der Waals surface area (Å²) in [4.78, 5) is 40.2. The van der Waals surface area contributed by atoms with Crippen molar-refractivity contribution in [3.63, 3.8) is 0 Å². The lowest BCUT2D eigenvalue weighted by molar-refractivity contribution is -0.122. The molecule has 5 nitrogen and oxygen atoms in total. The molecule has 1 heterocycles. The van der Waals surface area contributed by atoms with Crippen LogP contribution in [0.15, 0.2) is 47.6 Å². The van der Waals surface area contributed by atoms with Gasteiger partial charge in [0.25, 0.3) is 0 Å². The molecule has 2 bridgehead atoms. The minimum Gasteiger partial charge on any atom is -0.459 e. The van der Waals surface area contributed by atoms with Crippen LogP contribution >= 0.6 is 0 Å². The Kier molecular flexibility index (Phi) is 4.06. The van der Waals surface area contributed by atoms with E-state index in [1.807, 2.05) is 13.8 Å². The number of para-hydroxylation sites is 1. The van der Waals surface area contributed by atoms with Gasteiger partial charge in [-0.25, -0.2) is 9.69 Å². The fraction of sp³-hybridized carbons (Fsp3) is 0.409. The Labute approximate surface area is 158 Å². The number of carbonyl (C=O) groups is 3. The van der Waals surface area contributed by atoms with Crippen LogP contribution in [0.2, 0.25) is 0 Å². The van der Waals surface area contributed by atoms with Gasteiger partial charge in [-0.05, 0) is 39.8 Å². The summed E-state index contributed by atoms with van der Waals surface area (Å²) in [6, 6.07) is 6.68. The Balaban J connectivity index is 1.74. The number of allylic oxidation sites excluding steroid dienone is 4. The van der Waals surface area contributed by atoms with E-state index in [2.05, 4.69) is 12.2 Å². The van der Waals surface area contributed by atoms with Crippen LogP contribution in [0.5, 0.6) is 0 Å². The molecule has 4 rings (SSSR count). The average Bonchev–Trinajstić information content (AvgIpc) is 3.24. The highest BCUT2D eigenvalue weighted by molar-refractivity contribution is 6.25. The lowest BCUT2D eigenvalue weighted by Gasteiger charge is -2.21. The molecule has 1 aromatic carbocycles. The SMILES string of the molecule is CC(C)=C1[C@H]2C=C[C@H]1[C@H]1C(=O)N(c3ccccc3C(=O)OC(C)C)C(=O)[C@@H]12. The summed E-state index contributed by atoms with van der Waals surface area (Å²) in [5.41, 5.74) is 2.96. The minimum absolute atomic E-state index is 0.0128. The summed E-state index contributed by atoms with van der Waals surface area (Å²) >= 11 is 0. The molecule has 1 aliphatic heterocycles. The molecule has 27 heavy (non-hydrogen) atoms. The third-order valence-electron chi connectivity index (χ3n) is 5.70. The molecule has 0 aromatic heterocycles. The summed E-state index contributed by atoms with van der Waals surface area (Å²) in [5, 5.41) is 0. The van der Waals surface area contributed by atoms with E-state index in [-0.39, 0.29) is 47.2 Å². The zero-order valence-corrected chi connectivity index (χ0v) is 15.9. The average molecular weight is 365 g/mol. The van der Waals surface area contributed by atoms with Gasteiger partial charge in [0.05, 0.1) is 29.2 Å². The molecule has 2 aliphatic carbocycles. The third kappa shape index (κ3) is 2.48. The van der Waals surface area contributed by atoms with E-state index in [1.54, 1.807) is 38.1 Å². The number of amides is 2. The first-order chi connectivity index (χ1) is 12.8. The van der Waals surface area contributed by atoms with Crippen molar-refractivity contribution in [2.24, 2.45) is 23.7 Å². The smallest absolute Gasteiger partial charge is 0.340 e. The highest BCUT2D eigenvalue weighted by Gasteiger charge is 2.62. The molecule has 2 fully saturated rings. The molecule has 4 atom stereocenters. The number of rotatable bonds is 3. The first-order valence-electron chi connectivity index (χ1n) is 9.36. The number of anilines is 1. The molecule has 1 aromatic rings. The number of nitrogens with zero attached hydrogens (tertiary/aromatic N) is 1. The maximum absolute atomic E-state index is 13.2. The number of esters is 1. The zero-order valence-electron chi connectivity index (χ0n) is 15.9. The second-order valence-electron chi connectivity index (χ2n) is 7.93. The molecule has 3 aliphatic rings. The van der Waals surface area contributed by atoms with E-state index in [9.17, 15) is 14.4 Å². The van der Waals surface area contributed by atoms with Crippen LogP contribution in [-0.4, -0.2) is 23.9 Å². The normalized spacial score (nSPS) is 28.3. The first kappa shape index (κ1) is 17.7. The number of carbonyl (C=O) groups excluding carboxylic acids is 3. The lowest BCUT2D eigenvalue weighted by atomic mass is 9.85. The van der Waals surface area contributed by atoms with Gasteiger partial charge in [0.2, 0.25) is 11.8 Å². The second-order valence-corrected chi connectivity index (χ2v) is 7.93. The molecule has 1 saturated carbocycles. The number of fused-ring (bicyclic) bond motifs is 5. The van der Waals surface area contributed by atoms with Crippen molar-refractivity contribution >= 4 is 23.5 Å². The van der Waals surface area contributed by atoms with Crippen LogP contribution in [0.3, 0.4) is 0 Å². The topological polar surface area (TPSA) is 63.7 Å². The molecular formula is C22H23NO4. The lowest BCUT2D eigenvalue weighted by Crippen LogP contribution is -2.34. The third-order valence-corrected chi connectivity index (χ3v) is 5.70. The summed E-state index contributed by atoms with van der Waals surface area (Å²) in [6.45, 7) is 7.60. The summed E-state index contributed by atoms with van der Waals surface area (Å²) in [7, 11) is 0. The number of hydrogen-bond donors (Lipinski definition) is 0. The molecule has 140 valence electrons. The number of ether oxygens (including phenoxy) is 1. The number of benzene rings is 1. The molecule has 2 amide bonds. The zero-order chi connectivity index (χ0) is 19.5. The van der Waals surface area contributed by atoms with E-state index in [0.717, 1.165) is 0 Å². The number of hydrogen-bond acceptors (Lipinski definition) is 4. The summed E-state index contributed by atoms with van der Waals surface area (Å²) < 4.78 is 5.30. The summed E-state index contributed by atoms with van der Waals surface area (Å²) in [5.74, 6) is -1.72. The van der Waals surface area contributed by atoms with E-state index < -0.39 is 5.97 Å². The molecule has 0 unspecified atom stereocenters. The van der Waals surface area contributed by atoms with Gasteiger partial charge in [-0.15, -0.1) is 0 Å². The van der Waals surface area contributed by atoms with Crippen molar-refractivity contribution in [2.45, 2.75) is 33.8 Å². The molecule has 0 spiro atoms. The molecule has 0 N–H and O–H groups in total. The predicted octanol–water partition coefficient (Wildman–Crippen LogP) is 3.51. The Hall–Kier alpha value is -2.69. The van der Waals surface area contributed by atoms with E-state index >= 15 is 0 Å². The van der Waals surface area contributed by atoms with Crippen LogP contribution < -0.4 is 4.90 Å². The molecule has 0 radical (unpaired) electrons. The standard InChI is InChI=1S/C22H23NO4/c1-11(2)17-14-9-10-15(17)19-18(14)20(24)23(21(19)25)16-8-6-5-7-13(16)22(26)27-12(3)4/h5-10,12,14-15,18-19H,1-4H3/t14-,15-,18-,19-/m1/s1.